The van der Waals surface area contributed by atoms with Gasteiger partial charge in [0.05, 0.1) is 13.0 Å². The number of aliphatic carboxylic acids is 2. The summed E-state index contributed by atoms with van der Waals surface area (Å²) in [5.41, 5.74) is 4.90. The van der Waals surface area contributed by atoms with Crippen LogP contribution in [0.25, 0.3) is 0 Å². The zero-order valence-corrected chi connectivity index (χ0v) is 7.19. The highest BCUT2D eigenvalue weighted by Crippen LogP contribution is 1.91. The van der Waals surface area contributed by atoms with Crippen LogP contribution in [0.15, 0.2) is 0 Å². The molecule has 82 valence electrons. The molecule has 0 aliphatic heterocycles. The lowest BCUT2D eigenvalue weighted by atomic mass is 10.2. The summed E-state index contributed by atoms with van der Waals surface area (Å²) in [6.45, 7) is -0.372. The van der Waals surface area contributed by atoms with Crippen molar-refractivity contribution in [3.8, 4) is 0 Å². The molecule has 0 unspecified atom stereocenters. The van der Waals surface area contributed by atoms with Gasteiger partial charge in [-0.1, -0.05) is 0 Å². The van der Waals surface area contributed by atoms with E-state index < -0.39 is 30.3 Å². The highest BCUT2D eigenvalue weighted by molar-refractivity contribution is 5.87. The summed E-state index contributed by atoms with van der Waals surface area (Å²) in [5.74, 6) is -3.40. The second-order valence-corrected chi connectivity index (χ2v) is 2.26. The Morgan fingerprint density at radius 1 is 1.29 bits per heavy atom. The number of carboxylic acid groups (broad SMARTS) is 2. The summed E-state index contributed by atoms with van der Waals surface area (Å²) < 4.78 is 0. The zero-order chi connectivity index (χ0) is 10.4. The van der Waals surface area contributed by atoms with E-state index in [1.165, 1.54) is 0 Å². The SMILES string of the molecule is NCC(=O)N[C@@H](CC(=O)O)C(=O)O.O. The topological polar surface area (TPSA) is 161 Å². The molecule has 0 aliphatic rings. The van der Waals surface area contributed by atoms with E-state index in [9.17, 15) is 14.4 Å². The monoisotopic (exact) mass is 208 g/mol. The van der Waals surface area contributed by atoms with Gasteiger partial charge < -0.3 is 26.7 Å². The van der Waals surface area contributed by atoms with Gasteiger partial charge in [-0.3, -0.25) is 9.59 Å². The number of hydrogen-bond donors (Lipinski definition) is 4. The van der Waals surface area contributed by atoms with Crippen LogP contribution in [0.2, 0.25) is 0 Å². The molecular weight excluding hydrogens is 196 g/mol. The predicted octanol–water partition coefficient (Wildman–Crippen LogP) is -2.84. The molecule has 0 aliphatic carbocycles. The van der Waals surface area contributed by atoms with E-state index in [1.807, 2.05) is 5.32 Å². The Bertz CT molecular complexity index is 228. The van der Waals surface area contributed by atoms with Crippen LogP contribution in [0.1, 0.15) is 6.42 Å². The molecule has 0 aromatic carbocycles. The molecule has 0 spiro atoms. The van der Waals surface area contributed by atoms with E-state index in [1.54, 1.807) is 0 Å². The summed E-state index contributed by atoms with van der Waals surface area (Å²) in [6.07, 6.45) is -0.666. The van der Waals surface area contributed by atoms with E-state index in [2.05, 4.69) is 0 Å². The fourth-order valence-electron chi connectivity index (χ4n) is 0.628. The second kappa shape index (κ2) is 6.80. The van der Waals surface area contributed by atoms with Crippen molar-refractivity contribution in [2.45, 2.75) is 12.5 Å². The Labute approximate surface area is 79.0 Å². The standard InChI is InChI=1S/C6H10N2O5.H2O/c7-2-4(9)8-3(6(12)13)1-5(10)11;/h3H,1-2,7H2,(H,8,9)(H,10,11)(H,12,13);1H2/t3-;/m0./s1. The molecule has 7 N–H and O–H groups in total. The largest absolute Gasteiger partial charge is 0.481 e. The number of nitrogens with one attached hydrogen (secondary N) is 1. The minimum absolute atomic E-state index is 0. The smallest absolute Gasteiger partial charge is 0.326 e. The number of rotatable bonds is 5. The molecule has 0 aromatic rings. The molecule has 0 saturated heterocycles. The quantitative estimate of drug-likeness (QED) is 0.380. The average Bonchev–Trinajstić information content (AvgIpc) is 2.02. The zero-order valence-electron chi connectivity index (χ0n) is 7.19. The van der Waals surface area contributed by atoms with Gasteiger partial charge in [0.2, 0.25) is 5.91 Å². The van der Waals surface area contributed by atoms with Crippen LogP contribution in [0.3, 0.4) is 0 Å². The van der Waals surface area contributed by atoms with Crippen LogP contribution in [0.4, 0.5) is 0 Å². The van der Waals surface area contributed by atoms with Gasteiger partial charge in [-0.15, -0.1) is 0 Å². The number of hydrogen-bond acceptors (Lipinski definition) is 4. The number of carboxylic acids is 2. The summed E-state index contributed by atoms with van der Waals surface area (Å²) in [5, 5.41) is 18.7. The first kappa shape index (κ1) is 14.8. The van der Waals surface area contributed by atoms with Crippen LogP contribution < -0.4 is 11.1 Å². The van der Waals surface area contributed by atoms with Gasteiger partial charge in [-0.25, -0.2) is 4.79 Å². The molecule has 0 bridgehead atoms. The van der Waals surface area contributed by atoms with Crippen LogP contribution in [-0.4, -0.2) is 46.1 Å². The lowest BCUT2D eigenvalue weighted by molar-refractivity contribution is -0.147. The van der Waals surface area contributed by atoms with Crippen molar-refractivity contribution in [1.29, 1.82) is 0 Å². The minimum Gasteiger partial charge on any atom is -0.481 e. The molecular formula is C6H12N2O6. The van der Waals surface area contributed by atoms with Crippen LogP contribution in [0.5, 0.6) is 0 Å². The molecule has 0 saturated carbocycles. The number of amides is 1. The lowest BCUT2D eigenvalue weighted by Gasteiger charge is -2.10. The Morgan fingerprint density at radius 2 is 1.79 bits per heavy atom. The third kappa shape index (κ3) is 5.91. The van der Waals surface area contributed by atoms with Crippen molar-refractivity contribution in [3.63, 3.8) is 0 Å². The molecule has 1 amide bonds. The van der Waals surface area contributed by atoms with Crippen molar-refractivity contribution < 1.29 is 30.1 Å². The fourth-order valence-corrected chi connectivity index (χ4v) is 0.628. The first-order valence-corrected chi connectivity index (χ1v) is 3.41. The van der Waals surface area contributed by atoms with Crippen LogP contribution in [-0.2, 0) is 14.4 Å². The lowest BCUT2D eigenvalue weighted by Crippen LogP contribution is -2.44. The molecule has 0 radical (unpaired) electrons. The second-order valence-electron chi connectivity index (χ2n) is 2.26. The van der Waals surface area contributed by atoms with Crippen molar-refractivity contribution >= 4 is 17.8 Å². The minimum atomic E-state index is -1.42. The van der Waals surface area contributed by atoms with Gasteiger partial charge in [0.15, 0.2) is 0 Å². The molecule has 8 heteroatoms. The van der Waals surface area contributed by atoms with Crippen LogP contribution in [0, 0.1) is 0 Å². The molecule has 0 fully saturated rings. The van der Waals surface area contributed by atoms with Crippen LogP contribution >= 0.6 is 0 Å². The van der Waals surface area contributed by atoms with Crippen molar-refractivity contribution in [1.82, 2.24) is 5.32 Å². The maximum Gasteiger partial charge on any atom is 0.326 e. The first-order chi connectivity index (χ1) is 5.97. The predicted molar refractivity (Wildman–Crippen MR) is 44.5 cm³/mol. The molecule has 1 atom stereocenters. The normalized spacial score (nSPS) is 10.9. The van der Waals surface area contributed by atoms with Crippen molar-refractivity contribution in [2.24, 2.45) is 5.73 Å². The Balaban J connectivity index is 0. The van der Waals surface area contributed by atoms with Crippen molar-refractivity contribution in [3.05, 3.63) is 0 Å². The average molecular weight is 208 g/mol. The summed E-state index contributed by atoms with van der Waals surface area (Å²) in [7, 11) is 0. The molecule has 0 heterocycles. The first-order valence-electron chi connectivity index (χ1n) is 3.41. The Morgan fingerprint density at radius 3 is 2.07 bits per heavy atom. The van der Waals surface area contributed by atoms with Crippen molar-refractivity contribution in [2.75, 3.05) is 6.54 Å². The van der Waals surface area contributed by atoms with E-state index >= 15 is 0 Å². The molecule has 14 heavy (non-hydrogen) atoms. The fraction of sp³-hybridized carbons (Fsp3) is 0.500. The number of carbonyl (C=O) groups excluding carboxylic acids is 1. The third-order valence-electron chi connectivity index (χ3n) is 1.20. The van der Waals surface area contributed by atoms with E-state index in [0.717, 1.165) is 0 Å². The molecule has 8 nitrogen and oxygen atoms in total. The van der Waals surface area contributed by atoms with Gasteiger partial charge >= 0.3 is 11.9 Å². The van der Waals surface area contributed by atoms with Gasteiger partial charge in [0, 0.05) is 0 Å². The highest BCUT2D eigenvalue weighted by atomic mass is 16.4. The maximum atomic E-state index is 10.6. The summed E-state index contributed by atoms with van der Waals surface area (Å²) >= 11 is 0. The van der Waals surface area contributed by atoms with E-state index in [0.29, 0.717) is 0 Å². The molecule has 0 rings (SSSR count). The number of carbonyl (C=O) groups is 3. The molecule has 0 aromatic heterocycles. The number of nitrogens with two attached hydrogens (primary N) is 1. The van der Waals surface area contributed by atoms with Gasteiger partial charge in [0.1, 0.15) is 6.04 Å². The maximum absolute atomic E-state index is 10.6. The Kier molecular flexibility index (Phi) is 7.21. The highest BCUT2D eigenvalue weighted by Gasteiger charge is 2.22. The van der Waals surface area contributed by atoms with Gasteiger partial charge in [-0.2, -0.15) is 0 Å². The van der Waals surface area contributed by atoms with E-state index in [4.69, 9.17) is 15.9 Å². The Hall–Kier alpha value is -1.67. The van der Waals surface area contributed by atoms with E-state index in [-0.39, 0.29) is 12.0 Å². The summed E-state index contributed by atoms with van der Waals surface area (Å²) in [6, 6.07) is -1.42. The summed E-state index contributed by atoms with van der Waals surface area (Å²) in [4.78, 5) is 31.1. The van der Waals surface area contributed by atoms with Gasteiger partial charge in [0.25, 0.3) is 0 Å². The third-order valence-corrected chi connectivity index (χ3v) is 1.20. The van der Waals surface area contributed by atoms with Gasteiger partial charge in [-0.05, 0) is 0 Å².